The van der Waals surface area contributed by atoms with Crippen molar-refractivity contribution in [3.8, 4) is 28.7 Å². The van der Waals surface area contributed by atoms with Crippen LogP contribution in [0, 0.1) is 6.92 Å². The number of benzene rings is 2. The number of carbonyl (C=O) groups is 2. The van der Waals surface area contributed by atoms with E-state index in [0.29, 0.717) is 36.0 Å². The molecule has 1 atom stereocenters. The van der Waals surface area contributed by atoms with E-state index in [1.165, 1.54) is 0 Å². The molecule has 2 amide bonds. The number of hydrogen-bond donors (Lipinski definition) is 1. The van der Waals surface area contributed by atoms with Gasteiger partial charge in [0.15, 0.2) is 11.5 Å². The summed E-state index contributed by atoms with van der Waals surface area (Å²) in [6, 6.07) is 7.63. The molecule has 0 saturated carbocycles. The molecule has 8 nitrogen and oxygen atoms in total. The van der Waals surface area contributed by atoms with Gasteiger partial charge in [0, 0.05) is 40.7 Å². The first-order valence-electron chi connectivity index (χ1n) is 11.0. The van der Waals surface area contributed by atoms with Gasteiger partial charge in [-0.25, -0.2) is 0 Å². The zero-order chi connectivity index (χ0) is 24.7. The third kappa shape index (κ3) is 7.00. The summed E-state index contributed by atoms with van der Waals surface area (Å²) in [5.41, 5.74) is 2.97. The number of hydrogen-bond acceptors (Lipinski definition) is 8. The van der Waals surface area contributed by atoms with Gasteiger partial charge in [-0.1, -0.05) is 23.9 Å². The number of unbranched alkanes of at least 4 members (excludes halogenated alkanes) is 1. The fourth-order valence-corrected chi connectivity index (χ4v) is 4.87. The quantitative estimate of drug-likeness (QED) is 0.338. The third-order valence-corrected chi connectivity index (χ3v) is 6.69. The van der Waals surface area contributed by atoms with Crippen LogP contribution < -0.4 is 29.0 Å². The van der Waals surface area contributed by atoms with Crippen molar-refractivity contribution in [2.75, 3.05) is 35.0 Å². The van der Waals surface area contributed by atoms with E-state index < -0.39 is 0 Å². The molecule has 1 saturated heterocycles. The van der Waals surface area contributed by atoms with Crippen molar-refractivity contribution in [2.24, 2.45) is 0 Å². The smallest absolute Gasteiger partial charge is 0.286 e. The summed E-state index contributed by atoms with van der Waals surface area (Å²) in [5, 5.41) is 1.66. The molecule has 1 heterocycles. The second-order valence-electron chi connectivity index (χ2n) is 7.77. The van der Waals surface area contributed by atoms with Gasteiger partial charge in [-0.15, -0.1) is 0 Å². The Balaban J connectivity index is 0.00000432. The maximum absolute atomic E-state index is 11.7. The molecule has 1 aliphatic heterocycles. The van der Waals surface area contributed by atoms with Crippen molar-refractivity contribution >= 4 is 52.5 Å². The number of thioether (sulfide) groups is 1. The third-order valence-electron chi connectivity index (χ3n) is 5.70. The molecular weight excluding hydrogens is 481 g/mol. The monoisotopic (exact) mass is 512 g/mol. The Labute approximate surface area is 232 Å². The van der Waals surface area contributed by atoms with E-state index >= 15 is 0 Å². The van der Waals surface area contributed by atoms with Crippen molar-refractivity contribution in [2.45, 2.75) is 37.9 Å². The molecule has 1 N–H and O–H groups in total. The molecule has 1 fully saturated rings. The largest absolute Gasteiger partial charge is 0.494 e. The number of ether oxygens (including phenoxy) is 5. The Morgan fingerprint density at radius 1 is 0.857 bits per heavy atom. The maximum atomic E-state index is 11.7. The molecule has 2 aromatic carbocycles. The van der Waals surface area contributed by atoms with Gasteiger partial charge in [0.2, 0.25) is 17.4 Å². The van der Waals surface area contributed by atoms with Crippen LogP contribution in [0.1, 0.15) is 29.5 Å². The molecule has 0 spiro atoms. The van der Waals surface area contributed by atoms with Crippen LogP contribution in [0.2, 0.25) is 0 Å². The van der Waals surface area contributed by atoms with Gasteiger partial charge in [-0.05, 0) is 50.3 Å². The SMILES string of the molecule is COc1c(C)c(CCCCOc2ccc(CC3SC(=O)NC3=O)cc2)c(OC)c(OC)c1OC.[Na]. The Hall–Kier alpha value is -2.07. The predicted molar refractivity (Wildman–Crippen MR) is 137 cm³/mol. The standard InChI is InChI=1S/C25H31NO7S.Na/c1-15-18(21(30-3)23(32-5)22(31-4)20(15)29-2)8-6-7-13-33-17-11-9-16(10-12-17)14-19-24(27)26-25(28)34-19;/h9-12,19H,6-8,13-14H2,1-5H3,(H,26,27,28);. The van der Waals surface area contributed by atoms with Crippen molar-refractivity contribution < 1.29 is 33.3 Å². The molecule has 0 aromatic heterocycles. The number of imide groups is 1. The zero-order valence-corrected chi connectivity index (χ0v) is 24.0. The number of nitrogens with one attached hydrogen (secondary N) is 1. The van der Waals surface area contributed by atoms with E-state index in [1.54, 1.807) is 28.4 Å². The van der Waals surface area contributed by atoms with Crippen LogP contribution in [-0.4, -0.2) is 81.0 Å². The molecule has 1 aliphatic rings. The van der Waals surface area contributed by atoms with Crippen LogP contribution in [0.15, 0.2) is 24.3 Å². The minimum Gasteiger partial charge on any atom is -0.494 e. The Morgan fingerprint density at radius 2 is 1.46 bits per heavy atom. The van der Waals surface area contributed by atoms with Crippen molar-refractivity contribution in [1.82, 2.24) is 5.32 Å². The van der Waals surface area contributed by atoms with E-state index in [9.17, 15) is 9.59 Å². The summed E-state index contributed by atoms with van der Waals surface area (Å²) in [7, 11) is 6.39. The van der Waals surface area contributed by atoms with Crippen LogP contribution in [0.25, 0.3) is 0 Å². The van der Waals surface area contributed by atoms with Crippen LogP contribution in [0.3, 0.4) is 0 Å². The van der Waals surface area contributed by atoms with Gasteiger partial charge >= 0.3 is 0 Å². The fraction of sp³-hybridized carbons (Fsp3) is 0.440. The predicted octanol–water partition coefficient (Wildman–Crippen LogP) is 3.94. The van der Waals surface area contributed by atoms with Gasteiger partial charge < -0.3 is 23.7 Å². The van der Waals surface area contributed by atoms with Crippen molar-refractivity contribution in [1.29, 1.82) is 0 Å². The van der Waals surface area contributed by atoms with Gasteiger partial charge in [0.05, 0.1) is 40.3 Å². The number of methoxy groups -OCH3 is 4. The van der Waals surface area contributed by atoms with Gasteiger partial charge in [0.25, 0.3) is 5.24 Å². The Kier molecular flexibility index (Phi) is 11.6. The number of rotatable bonds is 12. The molecule has 1 unspecified atom stereocenters. The molecule has 0 aliphatic carbocycles. The minimum atomic E-state index is -0.366. The van der Waals surface area contributed by atoms with E-state index in [0.717, 1.165) is 53.5 Å². The van der Waals surface area contributed by atoms with Crippen LogP contribution in [0.5, 0.6) is 28.7 Å². The fourth-order valence-electron chi connectivity index (χ4n) is 4.01. The zero-order valence-electron chi connectivity index (χ0n) is 21.2. The van der Waals surface area contributed by atoms with E-state index in [1.807, 2.05) is 31.2 Å². The molecule has 1 radical (unpaired) electrons. The van der Waals surface area contributed by atoms with Crippen molar-refractivity contribution in [3.63, 3.8) is 0 Å². The molecule has 2 aromatic rings. The van der Waals surface area contributed by atoms with Crippen LogP contribution in [-0.2, 0) is 17.6 Å². The van der Waals surface area contributed by atoms with E-state index in [-0.39, 0.29) is 46.0 Å². The summed E-state index contributed by atoms with van der Waals surface area (Å²) in [6.45, 7) is 2.56. The summed E-state index contributed by atoms with van der Waals surface area (Å²) in [5.74, 6) is 2.89. The second kappa shape index (κ2) is 13.9. The summed E-state index contributed by atoms with van der Waals surface area (Å²) in [4.78, 5) is 23.0. The first kappa shape index (κ1) is 29.2. The summed E-state index contributed by atoms with van der Waals surface area (Å²) in [6.07, 6.45) is 3.02. The molecule has 0 bridgehead atoms. The van der Waals surface area contributed by atoms with E-state index in [2.05, 4.69) is 5.32 Å². The van der Waals surface area contributed by atoms with Gasteiger partial charge in [0.1, 0.15) is 5.75 Å². The normalized spacial score (nSPS) is 14.7. The Morgan fingerprint density at radius 3 is 2.00 bits per heavy atom. The first-order valence-corrected chi connectivity index (χ1v) is 11.9. The minimum absolute atomic E-state index is 0. The molecule has 35 heavy (non-hydrogen) atoms. The van der Waals surface area contributed by atoms with Crippen LogP contribution >= 0.6 is 11.8 Å². The molecule has 3 rings (SSSR count). The van der Waals surface area contributed by atoms with Crippen LogP contribution in [0.4, 0.5) is 4.79 Å². The van der Waals surface area contributed by atoms with Gasteiger partial charge in [-0.2, -0.15) is 0 Å². The molecule has 185 valence electrons. The second-order valence-corrected chi connectivity index (χ2v) is 8.95. The topological polar surface area (TPSA) is 92.3 Å². The number of carbonyl (C=O) groups excluding carboxylic acids is 2. The average Bonchev–Trinajstić information content (AvgIpc) is 3.15. The van der Waals surface area contributed by atoms with Crippen molar-refractivity contribution in [3.05, 3.63) is 41.0 Å². The molecule has 10 heteroatoms. The van der Waals surface area contributed by atoms with Gasteiger partial charge in [-0.3, -0.25) is 14.9 Å². The summed E-state index contributed by atoms with van der Waals surface area (Å²) >= 11 is 1.04. The van der Waals surface area contributed by atoms with E-state index in [4.69, 9.17) is 23.7 Å². The Bertz CT molecular complexity index is 1030. The maximum Gasteiger partial charge on any atom is 0.286 e. The summed E-state index contributed by atoms with van der Waals surface area (Å²) < 4.78 is 28.2. The first-order chi connectivity index (χ1) is 16.4. The molecular formula is C25H31NNaO7S. The number of amides is 2. The average molecular weight is 513 g/mol.